The summed E-state index contributed by atoms with van der Waals surface area (Å²) >= 11 is 0. The van der Waals surface area contributed by atoms with E-state index in [0.29, 0.717) is 6.61 Å². The molecule has 10 heteroatoms. The van der Waals surface area contributed by atoms with E-state index in [-0.39, 0.29) is 25.6 Å². The zero-order valence-corrected chi connectivity index (χ0v) is 32.6. The number of hydrogen-bond donors (Lipinski definition) is 3. The molecule has 0 aliphatic rings. The van der Waals surface area contributed by atoms with Crippen LogP contribution in [-0.2, 0) is 27.9 Å². The highest BCUT2D eigenvalue weighted by Gasteiger charge is 2.26. The van der Waals surface area contributed by atoms with Crippen molar-refractivity contribution >= 4 is 13.8 Å². The monoisotopic (exact) mass is 721 g/mol. The van der Waals surface area contributed by atoms with Crippen LogP contribution in [0.4, 0.5) is 0 Å². The average molecular weight is 721 g/mol. The summed E-state index contributed by atoms with van der Waals surface area (Å²) in [5, 5.41) is 18.3. The van der Waals surface area contributed by atoms with Gasteiger partial charge in [0.1, 0.15) is 12.2 Å². The highest BCUT2D eigenvalue weighted by molar-refractivity contribution is 7.47. The molecule has 3 N–H and O–H groups in total. The molecule has 292 valence electrons. The van der Waals surface area contributed by atoms with Crippen molar-refractivity contribution in [1.29, 1.82) is 0 Å². The predicted octanol–water partition coefficient (Wildman–Crippen LogP) is 10.5. The van der Waals surface area contributed by atoms with Gasteiger partial charge in [-0.15, -0.1) is 0 Å². The lowest BCUT2D eigenvalue weighted by Gasteiger charge is -2.20. The molecule has 0 aromatic carbocycles. The number of carbonyl (C=O) groups is 1. The zero-order valence-electron chi connectivity index (χ0n) is 31.7. The number of unbranched alkanes of at least 4 members (excludes halogenated alkanes) is 23. The summed E-state index contributed by atoms with van der Waals surface area (Å²) in [6.07, 6.45) is 34.5. The minimum atomic E-state index is -4.51. The second kappa shape index (κ2) is 37.0. The molecule has 9 nitrogen and oxygen atoms in total. The molecule has 0 aromatic rings. The molecular formula is C39H77O9P. The number of hydrogen-bond acceptors (Lipinski definition) is 8. The van der Waals surface area contributed by atoms with E-state index in [1.807, 2.05) is 0 Å². The Kier molecular flexibility index (Phi) is 36.4. The van der Waals surface area contributed by atoms with Crippen LogP contribution >= 0.6 is 7.82 Å². The van der Waals surface area contributed by atoms with Crippen molar-refractivity contribution in [2.75, 3.05) is 33.0 Å². The van der Waals surface area contributed by atoms with Gasteiger partial charge in [-0.05, 0) is 38.5 Å². The van der Waals surface area contributed by atoms with Gasteiger partial charge in [0, 0.05) is 13.0 Å². The Bertz CT molecular complexity index is 780. The van der Waals surface area contributed by atoms with Crippen LogP contribution in [0.5, 0.6) is 0 Å². The third-order valence-corrected chi connectivity index (χ3v) is 9.65. The largest absolute Gasteiger partial charge is 0.472 e. The van der Waals surface area contributed by atoms with Crippen molar-refractivity contribution in [3.63, 3.8) is 0 Å². The molecule has 0 heterocycles. The fourth-order valence-corrected chi connectivity index (χ4v) is 6.37. The third-order valence-electron chi connectivity index (χ3n) is 8.70. The van der Waals surface area contributed by atoms with Gasteiger partial charge in [0.25, 0.3) is 0 Å². The summed E-state index contributed by atoms with van der Waals surface area (Å²) in [5.74, 6) is -0.390. The lowest BCUT2D eigenvalue weighted by Crippen LogP contribution is -2.29. The Morgan fingerprint density at radius 3 is 1.57 bits per heavy atom. The molecule has 0 aliphatic heterocycles. The number of aliphatic hydroxyl groups excluding tert-OH is 2. The fourth-order valence-electron chi connectivity index (χ4n) is 5.59. The van der Waals surface area contributed by atoms with E-state index in [0.717, 1.165) is 51.4 Å². The molecule has 49 heavy (non-hydrogen) atoms. The highest BCUT2D eigenvalue weighted by Crippen LogP contribution is 2.43. The first-order valence-corrected chi connectivity index (χ1v) is 21.7. The number of ether oxygens (including phenoxy) is 2. The Hall–Kier alpha value is -0.800. The summed E-state index contributed by atoms with van der Waals surface area (Å²) in [6.45, 7) is 3.51. The van der Waals surface area contributed by atoms with E-state index in [4.69, 9.17) is 23.6 Å². The van der Waals surface area contributed by atoms with Crippen LogP contribution < -0.4 is 0 Å². The van der Waals surface area contributed by atoms with Crippen LogP contribution in [-0.4, -0.2) is 66.3 Å². The van der Waals surface area contributed by atoms with Crippen LogP contribution in [0.25, 0.3) is 0 Å². The summed E-state index contributed by atoms with van der Waals surface area (Å²) in [5.41, 5.74) is 0. The topological polar surface area (TPSA) is 132 Å². The van der Waals surface area contributed by atoms with Crippen molar-refractivity contribution in [1.82, 2.24) is 0 Å². The van der Waals surface area contributed by atoms with Gasteiger partial charge in [-0.2, -0.15) is 0 Å². The number of rotatable bonds is 39. The Morgan fingerprint density at radius 2 is 1.04 bits per heavy atom. The van der Waals surface area contributed by atoms with Gasteiger partial charge < -0.3 is 24.6 Å². The average Bonchev–Trinajstić information content (AvgIpc) is 3.09. The molecule has 1 unspecified atom stereocenters. The maximum atomic E-state index is 12.5. The van der Waals surface area contributed by atoms with Gasteiger partial charge in [-0.1, -0.05) is 154 Å². The van der Waals surface area contributed by atoms with E-state index in [2.05, 4.69) is 26.0 Å². The van der Waals surface area contributed by atoms with E-state index in [1.54, 1.807) is 0 Å². The smallest absolute Gasteiger partial charge is 0.457 e. The van der Waals surface area contributed by atoms with Gasteiger partial charge in [-0.25, -0.2) is 4.57 Å². The minimum Gasteiger partial charge on any atom is -0.457 e. The maximum Gasteiger partial charge on any atom is 0.472 e. The normalized spacial score (nSPS) is 14.3. The van der Waals surface area contributed by atoms with Gasteiger partial charge in [0.2, 0.25) is 0 Å². The molecule has 0 aliphatic carbocycles. The molecule has 0 fully saturated rings. The molecular weight excluding hydrogens is 643 g/mol. The quantitative estimate of drug-likeness (QED) is 0.0246. The first-order chi connectivity index (χ1) is 23.8. The maximum absolute atomic E-state index is 12.5. The minimum absolute atomic E-state index is 0.0513. The summed E-state index contributed by atoms with van der Waals surface area (Å²) in [6, 6.07) is 0. The van der Waals surface area contributed by atoms with Crippen LogP contribution in [0.15, 0.2) is 12.2 Å². The number of allylic oxidation sites excluding steroid dienone is 2. The third kappa shape index (κ3) is 36.8. The van der Waals surface area contributed by atoms with Crippen molar-refractivity contribution in [2.45, 2.75) is 199 Å². The Balaban J connectivity index is 4.17. The SMILES string of the molecule is CCCCC/C=C\CCCCCCCC(=O)O[C@H](COCCCCCCCCCCCCCCCCCC)COP(=O)(O)OC[C@@H](O)CO. The molecule has 0 saturated carbocycles. The van der Waals surface area contributed by atoms with Crippen LogP contribution in [0, 0.1) is 0 Å². The molecule has 0 rings (SSSR count). The van der Waals surface area contributed by atoms with E-state index < -0.39 is 33.2 Å². The van der Waals surface area contributed by atoms with Crippen LogP contribution in [0.1, 0.15) is 187 Å². The molecule has 0 radical (unpaired) electrons. The van der Waals surface area contributed by atoms with E-state index in [1.165, 1.54) is 116 Å². The van der Waals surface area contributed by atoms with E-state index in [9.17, 15) is 19.4 Å². The van der Waals surface area contributed by atoms with Crippen LogP contribution in [0.3, 0.4) is 0 Å². The lowest BCUT2D eigenvalue weighted by atomic mass is 10.0. The van der Waals surface area contributed by atoms with Gasteiger partial charge in [-0.3, -0.25) is 13.8 Å². The summed E-state index contributed by atoms with van der Waals surface area (Å²) in [7, 11) is -4.51. The van der Waals surface area contributed by atoms with Crippen molar-refractivity contribution in [3.05, 3.63) is 12.2 Å². The highest BCUT2D eigenvalue weighted by atomic mass is 31.2. The number of aliphatic hydroxyl groups is 2. The number of carbonyl (C=O) groups excluding carboxylic acids is 1. The van der Waals surface area contributed by atoms with Crippen molar-refractivity contribution in [3.8, 4) is 0 Å². The number of phosphoric acid groups is 1. The summed E-state index contributed by atoms with van der Waals surface area (Å²) in [4.78, 5) is 22.5. The zero-order chi connectivity index (χ0) is 36.1. The lowest BCUT2D eigenvalue weighted by molar-refractivity contribution is -0.154. The van der Waals surface area contributed by atoms with E-state index >= 15 is 0 Å². The van der Waals surface area contributed by atoms with Crippen LogP contribution in [0.2, 0.25) is 0 Å². The molecule has 3 atom stereocenters. The molecule has 0 saturated heterocycles. The fraction of sp³-hybridized carbons (Fsp3) is 0.923. The summed E-state index contributed by atoms with van der Waals surface area (Å²) < 4.78 is 33.3. The van der Waals surface area contributed by atoms with Crippen molar-refractivity contribution in [2.24, 2.45) is 0 Å². The standard InChI is InChI=1S/C39H77O9P/c1-3-5-7-9-11-13-15-17-18-19-20-22-24-26-28-30-32-45-35-38(36-47-49(43,44)46-34-37(41)33-40)48-39(42)31-29-27-25-23-21-16-14-12-10-8-6-4-2/h12,14,37-38,40-41H,3-11,13,15-36H2,1-2H3,(H,43,44)/b14-12-/t37-,38+/m0/s1. The second-order valence-electron chi connectivity index (χ2n) is 13.7. The molecule has 0 aromatic heterocycles. The number of phosphoric ester groups is 1. The predicted molar refractivity (Wildman–Crippen MR) is 201 cm³/mol. The number of esters is 1. The Morgan fingerprint density at radius 1 is 0.612 bits per heavy atom. The van der Waals surface area contributed by atoms with Gasteiger partial charge in [0.15, 0.2) is 0 Å². The Labute approximate surface area is 300 Å². The van der Waals surface area contributed by atoms with Crippen molar-refractivity contribution < 1.29 is 43.0 Å². The first kappa shape index (κ1) is 48.2. The first-order valence-electron chi connectivity index (χ1n) is 20.2. The molecule has 0 amide bonds. The van der Waals surface area contributed by atoms with Gasteiger partial charge in [0.05, 0.1) is 26.4 Å². The second-order valence-corrected chi connectivity index (χ2v) is 15.1. The van der Waals surface area contributed by atoms with Gasteiger partial charge >= 0.3 is 13.8 Å². The molecule has 0 bridgehead atoms. The molecule has 0 spiro atoms.